The Morgan fingerprint density at radius 3 is 2.56 bits per heavy atom. The number of piperazine rings is 1. The van der Waals surface area contributed by atoms with Gasteiger partial charge in [0.1, 0.15) is 0 Å². The average Bonchev–Trinajstić information content (AvgIpc) is 2.36. The van der Waals surface area contributed by atoms with Crippen LogP contribution in [0.1, 0.15) is 5.56 Å². The number of nitrogens with one attached hydrogen (secondary N) is 1. The van der Waals surface area contributed by atoms with Crippen molar-refractivity contribution in [2.75, 3.05) is 45.9 Å². The summed E-state index contributed by atoms with van der Waals surface area (Å²) in [5, 5.41) is 4.26. The predicted molar refractivity (Wildman–Crippen MR) is 73.3 cm³/mol. The van der Waals surface area contributed by atoms with Crippen molar-refractivity contribution in [1.82, 2.24) is 10.2 Å². The highest BCUT2D eigenvalue weighted by molar-refractivity contribution is 6.31. The maximum atomic E-state index is 6.35. The minimum absolute atomic E-state index is 0.107. The van der Waals surface area contributed by atoms with Crippen LogP contribution in [0.15, 0.2) is 24.3 Å². The third kappa shape index (κ3) is 2.28. The molecule has 0 unspecified atom stereocenters. The van der Waals surface area contributed by atoms with E-state index in [4.69, 9.17) is 16.3 Å². The standard InChI is InChI=1S/C14H19ClN2O/c15-13-4-2-1-3-12(13)14(10-18-11-14)9-17-7-5-16-6-8-17/h1-4,16H,5-11H2. The fourth-order valence-corrected chi connectivity index (χ4v) is 3.21. The van der Waals surface area contributed by atoms with Crippen molar-refractivity contribution in [3.8, 4) is 0 Å². The van der Waals surface area contributed by atoms with E-state index in [2.05, 4.69) is 22.3 Å². The Morgan fingerprint density at radius 2 is 1.94 bits per heavy atom. The van der Waals surface area contributed by atoms with Crippen LogP contribution < -0.4 is 5.32 Å². The van der Waals surface area contributed by atoms with Gasteiger partial charge in [0, 0.05) is 37.7 Å². The maximum absolute atomic E-state index is 6.35. The van der Waals surface area contributed by atoms with Crippen molar-refractivity contribution >= 4 is 11.6 Å². The van der Waals surface area contributed by atoms with Crippen molar-refractivity contribution < 1.29 is 4.74 Å². The highest BCUT2D eigenvalue weighted by Gasteiger charge is 2.43. The van der Waals surface area contributed by atoms with E-state index in [-0.39, 0.29) is 5.41 Å². The van der Waals surface area contributed by atoms with E-state index in [0.29, 0.717) is 0 Å². The lowest BCUT2D eigenvalue weighted by atomic mass is 9.78. The molecule has 4 heteroatoms. The van der Waals surface area contributed by atoms with Gasteiger partial charge in [-0.1, -0.05) is 29.8 Å². The molecule has 2 heterocycles. The van der Waals surface area contributed by atoms with Gasteiger partial charge in [-0.25, -0.2) is 0 Å². The second-order valence-corrected chi connectivity index (χ2v) is 5.69. The van der Waals surface area contributed by atoms with Crippen LogP contribution in [0.3, 0.4) is 0 Å². The molecule has 2 saturated heterocycles. The summed E-state index contributed by atoms with van der Waals surface area (Å²) in [5.74, 6) is 0. The number of rotatable bonds is 3. The number of ether oxygens (including phenoxy) is 1. The topological polar surface area (TPSA) is 24.5 Å². The minimum atomic E-state index is 0.107. The van der Waals surface area contributed by atoms with Gasteiger partial charge in [0.25, 0.3) is 0 Å². The molecule has 1 aromatic rings. The number of nitrogens with zero attached hydrogens (tertiary/aromatic N) is 1. The number of halogens is 1. The van der Waals surface area contributed by atoms with E-state index in [1.54, 1.807) is 0 Å². The van der Waals surface area contributed by atoms with Crippen molar-refractivity contribution in [3.63, 3.8) is 0 Å². The summed E-state index contributed by atoms with van der Waals surface area (Å²) in [6.07, 6.45) is 0. The van der Waals surface area contributed by atoms with Crippen LogP contribution in [0.2, 0.25) is 5.02 Å². The van der Waals surface area contributed by atoms with Crippen molar-refractivity contribution in [3.05, 3.63) is 34.9 Å². The molecule has 0 aliphatic carbocycles. The second-order valence-electron chi connectivity index (χ2n) is 5.28. The van der Waals surface area contributed by atoms with Gasteiger partial charge in [-0.3, -0.25) is 4.90 Å². The van der Waals surface area contributed by atoms with Crippen LogP contribution in [0.25, 0.3) is 0 Å². The van der Waals surface area contributed by atoms with Crippen LogP contribution >= 0.6 is 11.6 Å². The molecule has 0 amide bonds. The minimum Gasteiger partial charge on any atom is -0.379 e. The third-order valence-corrected chi connectivity index (χ3v) is 4.27. The van der Waals surface area contributed by atoms with Gasteiger partial charge in [-0.15, -0.1) is 0 Å². The van der Waals surface area contributed by atoms with Gasteiger partial charge in [-0.05, 0) is 11.6 Å². The van der Waals surface area contributed by atoms with Crippen LogP contribution in [-0.4, -0.2) is 50.8 Å². The van der Waals surface area contributed by atoms with Crippen LogP contribution in [0.4, 0.5) is 0 Å². The lowest BCUT2D eigenvalue weighted by molar-refractivity contribution is -0.0756. The molecule has 1 aromatic carbocycles. The zero-order valence-corrected chi connectivity index (χ0v) is 11.2. The van der Waals surface area contributed by atoms with Crippen LogP contribution in [-0.2, 0) is 10.2 Å². The Kier molecular flexibility index (Phi) is 3.57. The molecule has 0 bridgehead atoms. The predicted octanol–water partition coefficient (Wildman–Crippen LogP) is 1.51. The second kappa shape index (κ2) is 5.17. The summed E-state index contributed by atoms with van der Waals surface area (Å²) in [7, 11) is 0. The monoisotopic (exact) mass is 266 g/mol. The van der Waals surface area contributed by atoms with E-state index in [1.807, 2.05) is 12.1 Å². The first-order valence-corrected chi connectivity index (χ1v) is 6.94. The summed E-state index contributed by atoms with van der Waals surface area (Å²) in [6, 6.07) is 8.19. The SMILES string of the molecule is Clc1ccccc1C1(CN2CCNCC2)COC1. The Hall–Kier alpha value is -0.610. The van der Waals surface area contributed by atoms with E-state index in [9.17, 15) is 0 Å². The van der Waals surface area contributed by atoms with E-state index >= 15 is 0 Å². The molecule has 0 atom stereocenters. The summed E-state index contributed by atoms with van der Waals surface area (Å²) >= 11 is 6.35. The van der Waals surface area contributed by atoms with Gasteiger partial charge >= 0.3 is 0 Å². The first-order valence-electron chi connectivity index (χ1n) is 6.56. The largest absolute Gasteiger partial charge is 0.379 e. The molecule has 3 rings (SSSR count). The quantitative estimate of drug-likeness (QED) is 0.898. The zero-order chi connectivity index (χ0) is 12.4. The molecule has 18 heavy (non-hydrogen) atoms. The lowest BCUT2D eigenvalue weighted by Gasteiger charge is -2.46. The van der Waals surface area contributed by atoms with Crippen molar-refractivity contribution in [2.45, 2.75) is 5.41 Å². The van der Waals surface area contributed by atoms with Gasteiger partial charge in [-0.2, -0.15) is 0 Å². The number of hydrogen-bond acceptors (Lipinski definition) is 3. The fourth-order valence-electron chi connectivity index (χ4n) is 2.87. The summed E-state index contributed by atoms with van der Waals surface area (Å²) < 4.78 is 5.49. The van der Waals surface area contributed by atoms with Crippen molar-refractivity contribution in [1.29, 1.82) is 0 Å². The summed E-state index contributed by atoms with van der Waals surface area (Å²) in [6.45, 7) is 7.04. The maximum Gasteiger partial charge on any atom is 0.0598 e. The van der Waals surface area contributed by atoms with Gasteiger partial charge in [0.15, 0.2) is 0 Å². The molecule has 0 radical (unpaired) electrons. The molecule has 0 aromatic heterocycles. The zero-order valence-electron chi connectivity index (χ0n) is 10.5. The Morgan fingerprint density at radius 1 is 1.22 bits per heavy atom. The molecule has 2 aliphatic heterocycles. The average molecular weight is 267 g/mol. The molecular weight excluding hydrogens is 248 g/mol. The van der Waals surface area contributed by atoms with Gasteiger partial charge in [0.05, 0.1) is 18.6 Å². The lowest BCUT2D eigenvalue weighted by Crippen LogP contribution is -2.57. The van der Waals surface area contributed by atoms with E-state index < -0.39 is 0 Å². The number of benzene rings is 1. The molecule has 2 fully saturated rings. The molecule has 0 saturated carbocycles. The normalized spacial score (nSPS) is 23.6. The number of hydrogen-bond donors (Lipinski definition) is 1. The summed E-state index contributed by atoms with van der Waals surface area (Å²) in [5.41, 5.74) is 1.35. The highest BCUT2D eigenvalue weighted by Crippen LogP contribution is 2.37. The highest BCUT2D eigenvalue weighted by atomic mass is 35.5. The third-order valence-electron chi connectivity index (χ3n) is 3.94. The summed E-state index contributed by atoms with van der Waals surface area (Å²) in [4.78, 5) is 2.52. The van der Waals surface area contributed by atoms with Crippen LogP contribution in [0.5, 0.6) is 0 Å². The van der Waals surface area contributed by atoms with Crippen molar-refractivity contribution in [2.24, 2.45) is 0 Å². The Bertz CT molecular complexity index is 414. The molecule has 3 nitrogen and oxygen atoms in total. The van der Waals surface area contributed by atoms with E-state index in [0.717, 1.165) is 51.0 Å². The first kappa shape index (κ1) is 12.4. The molecule has 0 spiro atoms. The van der Waals surface area contributed by atoms with Gasteiger partial charge < -0.3 is 10.1 Å². The fraction of sp³-hybridized carbons (Fsp3) is 0.571. The first-order chi connectivity index (χ1) is 8.80. The van der Waals surface area contributed by atoms with Crippen LogP contribution in [0, 0.1) is 0 Å². The molecule has 98 valence electrons. The Balaban J connectivity index is 1.79. The molecule has 1 N–H and O–H groups in total. The Labute approximate surface area is 113 Å². The van der Waals surface area contributed by atoms with Gasteiger partial charge in [0.2, 0.25) is 0 Å². The molecular formula is C14H19ClN2O. The van der Waals surface area contributed by atoms with E-state index in [1.165, 1.54) is 5.56 Å². The molecule has 2 aliphatic rings. The smallest absolute Gasteiger partial charge is 0.0598 e.